The van der Waals surface area contributed by atoms with E-state index in [9.17, 15) is 0 Å². The molecule has 1 aromatic rings. The number of aromatic nitrogens is 3. The lowest BCUT2D eigenvalue weighted by Crippen LogP contribution is -2.04. The zero-order valence-corrected chi connectivity index (χ0v) is 8.90. The normalized spacial score (nSPS) is 11.0. The lowest BCUT2D eigenvalue weighted by molar-refractivity contribution is 0.512. The van der Waals surface area contributed by atoms with E-state index in [0.717, 1.165) is 18.9 Å². The third-order valence-electron chi connectivity index (χ3n) is 1.95. The van der Waals surface area contributed by atoms with Gasteiger partial charge < -0.3 is 5.73 Å². The van der Waals surface area contributed by atoms with Gasteiger partial charge in [0.1, 0.15) is 0 Å². The number of nitrogens with one attached hydrogen (secondary N) is 1. The van der Waals surface area contributed by atoms with Crippen molar-refractivity contribution >= 4 is 18.2 Å². The number of nitrogens with zero attached hydrogens (tertiary/aromatic N) is 2. The van der Waals surface area contributed by atoms with Crippen molar-refractivity contribution < 1.29 is 0 Å². The number of nitrogens with two attached hydrogens (primary N) is 1. The lowest BCUT2D eigenvalue weighted by Gasteiger charge is -2.05. The van der Waals surface area contributed by atoms with E-state index in [2.05, 4.69) is 24.0 Å². The minimum absolute atomic E-state index is 0.480. The number of hydrogen-bond donors (Lipinski definition) is 2. The minimum Gasteiger partial charge on any atom is -0.368 e. The second-order valence-electron chi connectivity index (χ2n) is 3.57. The second-order valence-corrected chi connectivity index (χ2v) is 3.96. The van der Waals surface area contributed by atoms with E-state index in [1.807, 2.05) is 4.57 Å². The number of H-pyrrole nitrogens is 1. The van der Waals surface area contributed by atoms with Crippen molar-refractivity contribution in [3.05, 3.63) is 4.77 Å². The molecule has 0 atom stereocenters. The Bertz CT molecular complexity index is 312. The standard InChI is InChI=1S/C8H16N4S/c1-6(2)4-3-5-12-7(9)10-11-8(12)13/h6H,3-5H2,1-2H3,(H2,9,10)(H,11,13). The van der Waals surface area contributed by atoms with Crippen molar-refractivity contribution in [2.45, 2.75) is 33.2 Å². The molecule has 0 aliphatic carbocycles. The fraction of sp³-hybridized carbons (Fsp3) is 0.750. The Morgan fingerprint density at radius 2 is 2.31 bits per heavy atom. The van der Waals surface area contributed by atoms with E-state index in [4.69, 9.17) is 18.0 Å². The fourth-order valence-electron chi connectivity index (χ4n) is 1.20. The first-order valence-corrected chi connectivity index (χ1v) is 4.92. The average molecular weight is 200 g/mol. The van der Waals surface area contributed by atoms with Gasteiger partial charge in [0.25, 0.3) is 0 Å². The molecule has 0 fully saturated rings. The zero-order valence-electron chi connectivity index (χ0n) is 8.08. The first kappa shape index (κ1) is 10.2. The van der Waals surface area contributed by atoms with E-state index >= 15 is 0 Å². The Morgan fingerprint density at radius 1 is 1.62 bits per heavy atom. The molecule has 1 heterocycles. The maximum absolute atomic E-state index is 5.61. The fourth-order valence-corrected chi connectivity index (χ4v) is 1.43. The molecular weight excluding hydrogens is 184 g/mol. The van der Waals surface area contributed by atoms with Crippen LogP contribution < -0.4 is 5.73 Å². The number of aromatic amines is 1. The summed E-state index contributed by atoms with van der Waals surface area (Å²) in [5, 5.41) is 6.50. The summed E-state index contributed by atoms with van der Waals surface area (Å²) in [6.07, 6.45) is 2.28. The largest absolute Gasteiger partial charge is 0.368 e. The van der Waals surface area contributed by atoms with Crippen LogP contribution in [0, 0.1) is 10.7 Å². The SMILES string of the molecule is CC(C)CCCn1c(N)n[nH]c1=S. The van der Waals surface area contributed by atoms with Gasteiger partial charge in [-0.05, 0) is 31.0 Å². The summed E-state index contributed by atoms with van der Waals surface area (Å²) in [6, 6.07) is 0. The summed E-state index contributed by atoms with van der Waals surface area (Å²) < 4.78 is 2.44. The maximum atomic E-state index is 5.61. The Labute approximate surface area is 83.1 Å². The molecule has 0 aliphatic heterocycles. The van der Waals surface area contributed by atoms with Crippen molar-refractivity contribution in [3.63, 3.8) is 0 Å². The Kier molecular flexibility index (Phi) is 3.48. The van der Waals surface area contributed by atoms with E-state index in [1.54, 1.807) is 0 Å². The van der Waals surface area contributed by atoms with Crippen LogP contribution >= 0.6 is 12.2 Å². The molecule has 1 rings (SSSR count). The van der Waals surface area contributed by atoms with Crippen LogP contribution in [0.25, 0.3) is 0 Å². The highest BCUT2D eigenvalue weighted by molar-refractivity contribution is 7.71. The second kappa shape index (κ2) is 4.41. The molecule has 0 aromatic carbocycles. The van der Waals surface area contributed by atoms with Gasteiger partial charge in [0.2, 0.25) is 5.95 Å². The van der Waals surface area contributed by atoms with E-state index in [-0.39, 0.29) is 0 Å². The predicted octanol–water partition coefficient (Wildman–Crippen LogP) is 1.96. The summed E-state index contributed by atoms with van der Waals surface area (Å²) in [6.45, 7) is 5.27. The topological polar surface area (TPSA) is 59.6 Å². The van der Waals surface area contributed by atoms with E-state index in [0.29, 0.717) is 10.7 Å². The predicted molar refractivity (Wildman–Crippen MR) is 55.9 cm³/mol. The molecule has 5 heteroatoms. The molecule has 0 amide bonds. The molecule has 13 heavy (non-hydrogen) atoms. The zero-order chi connectivity index (χ0) is 9.84. The van der Waals surface area contributed by atoms with Gasteiger partial charge in [-0.15, -0.1) is 5.10 Å². The maximum Gasteiger partial charge on any atom is 0.220 e. The molecule has 1 aromatic heterocycles. The van der Waals surface area contributed by atoms with Crippen LogP contribution in [-0.2, 0) is 6.54 Å². The molecule has 0 spiro atoms. The molecular formula is C8H16N4S. The van der Waals surface area contributed by atoms with E-state index in [1.165, 1.54) is 6.42 Å². The smallest absolute Gasteiger partial charge is 0.220 e. The number of anilines is 1. The highest BCUT2D eigenvalue weighted by Gasteiger charge is 2.01. The lowest BCUT2D eigenvalue weighted by atomic mass is 10.1. The van der Waals surface area contributed by atoms with Crippen LogP contribution in [0.5, 0.6) is 0 Å². The van der Waals surface area contributed by atoms with Crippen molar-refractivity contribution in [2.75, 3.05) is 5.73 Å². The van der Waals surface area contributed by atoms with Crippen molar-refractivity contribution in [3.8, 4) is 0 Å². The molecule has 0 radical (unpaired) electrons. The molecule has 0 bridgehead atoms. The summed E-state index contributed by atoms with van der Waals surface area (Å²) >= 11 is 5.02. The van der Waals surface area contributed by atoms with Crippen molar-refractivity contribution in [1.29, 1.82) is 0 Å². The van der Waals surface area contributed by atoms with Gasteiger partial charge in [0.15, 0.2) is 4.77 Å². The van der Waals surface area contributed by atoms with Gasteiger partial charge in [0.05, 0.1) is 0 Å². The third-order valence-corrected chi connectivity index (χ3v) is 2.26. The molecule has 3 N–H and O–H groups in total. The Morgan fingerprint density at radius 3 is 2.77 bits per heavy atom. The number of nitrogen functional groups attached to an aromatic ring is 1. The van der Waals surface area contributed by atoms with Crippen LogP contribution in [-0.4, -0.2) is 14.8 Å². The molecule has 0 saturated carbocycles. The van der Waals surface area contributed by atoms with Crippen LogP contribution in [0.4, 0.5) is 5.95 Å². The monoisotopic (exact) mass is 200 g/mol. The Hall–Kier alpha value is -0.840. The number of hydrogen-bond acceptors (Lipinski definition) is 3. The van der Waals surface area contributed by atoms with Gasteiger partial charge in [-0.3, -0.25) is 4.57 Å². The summed E-state index contributed by atoms with van der Waals surface area (Å²) in [7, 11) is 0. The average Bonchev–Trinajstić information content (AvgIpc) is 2.34. The molecule has 0 aliphatic rings. The van der Waals surface area contributed by atoms with Crippen LogP contribution in [0.15, 0.2) is 0 Å². The van der Waals surface area contributed by atoms with Gasteiger partial charge in [-0.25, -0.2) is 5.10 Å². The van der Waals surface area contributed by atoms with Gasteiger partial charge in [-0.1, -0.05) is 13.8 Å². The van der Waals surface area contributed by atoms with Crippen molar-refractivity contribution in [2.24, 2.45) is 5.92 Å². The van der Waals surface area contributed by atoms with Gasteiger partial charge in [-0.2, -0.15) is 0 Å². The highest BCUT2D eigenvalue weighted by atomic mass is 32.1. The first-order valence-electron chi connectivity index (χ1n) is 4.52. The van der Waals surface area contributed by atoms with E-state index < -0.39 is 0 Å². The molecule has 74 valence electrons. The Balaban J connectivity index is 2.50. The molecule has 4 nitrogen and oxygen atoms in total. The summed E-state index contributed by atoms with van der Waals surface area (Å²) in [5.74, 6) is 1.20. The van der Waals surface area contributed by atoms with Crippen LogP contribution in [0.1, 0.15) is 26.7 Å². The van der Waals surface area contributed by atoms with Crippen molar-refractivity contribution in [1.82, 2.24) is 14.8 Å². The summed E-state index contributed by atoms with van der Waals surface area (Å²) in [4.78, 5) is 0. The van der Waals surface area contributed by atoms with Gasteiger partial charge >= 0.3 is 0 Å². The number of rotatable bonds is 4. The van der Waals surface area contributed by atoms with Crippen LogP contribution in [0.3, 0.4) is 0 Å². The minimum atomic E-state index is 0.480. The first-order chi connectivity index (χ1) is 6.11. The summed E-state index contributed by atoms with van der Waals surface area (Å²) in [5.41, 5.74) is 5.61. The quantitative estimate of drug-likeness (QED) is 0.730. The van der Waals surface area contributed by atoms with Gasteiger partial charge in [0, 0.05) is 6.54 Å². The molecule has 0 unspecified atom stereocenters. The highest BCUT2D eigenvalue weighted by Crippen LogP contribution is 2.07. The molecule has 0 saturated heterocycles. The van der Waals surface area contributed by atoms with Crippen LogP contribution in [0.2, 0.25) is 0 Å². The third kappa shape index (κ3) is 2.84.